The van der Waals surface area contributed by atoms with Gasteiger partial charge in [0, 0.05) is 29.9 Å². The van der Waals surface area contributed by atoms with Gasteiger partial charge < -0.3 is 19.7 Å². The summed E-state index contributed by atoms with van der Waals surface area (Å²) >= 11 is 0. The fourth-order valence-electron chi connectivity index (χ4n) is 2.97. The lowest BCUT2D eigenvalue weighted by Crippen LogP contribution is -2.38. The number of benzene rings is 1. The number of ether oxygens (including phenoxy) is 2. The number of nitrogens with one attached hydrogen (secondary N) is 1. The number of carbonyl (C=O) groups is 2. The molecule has 7 nitrogen and oxygen atoms in total. The van der Waals surface area contributed by atoms with E-state index in [0.717, 1.165) is 41.2 Å². The first-order valence-corrected chi connectivity index (χ1v) is 10.1. The zero-order chi connectivity index (χ0) is 22.1. The lowest BCUT2D eigenvalue weighted by Gasteiger charge is -2.19. The second-order valence-corrected chi connectivity index (χ2v) is 7.21. The molecule has 0 saturated heterocycles. The van der Waals surface area contributed by atoms with Crippen molar-refractivity contribution < 1.29 is 19.1 Å². The quantitative estimate of drug-likeness (QED) is 0.605. The number of methoxy groups -OCH3 is 1. The zero-order valence-corrected chi connectivity index (χ0v) is 18.4. The summed E-state index contributed by atoms with van der Waals surface area (Å²) in [6.45, 7) is 6.85. The van der Waals surface area contributed by atoms with Gasteiger partial charge in [-0.25, -0.2) is 0 Å². The van der Waals surface area contributed by atoms with Gasteiger partial charge >= 0.3 is 0 Å². The summed E-state index contributed by atoms with van der Waals surface area (Å²) in [4.78, 5) is 30.7. The maximum absolute atomic E-state index is 12.4. The Balaban J connectivity index is 1.88. The highest BCUT2D eigenvalue weighted by Gasteiger charge is 2.16. The second kappa shape index (κ2) is 11.2. The number of aromatic nitrogens is 1. The van der Waals surface area contributed by atoms with Gasteiger partial charge in [0.2, 0.25) is 5.91 Å². The number of aryl methyl sites for hydroxylation is 1. The van der Waals surface area contributed by atoms with Gasteiger partial charge in [-0.15, -0.1) is 0 Å². The molecule has 0 spiro atoms. The molecule has 0 fully saturated rings. The number of hydrogen-bond acceptors (Lipinski definition) is 5. The molecule has 1 aromatic carbocycles. The van der Waals surface area contributed by atoms with E-state index in [0.29, 0.717) is 18.7 Å². The van der Waals surface area contributed by atoms with Crippen molar-refractivity contribution >= 4 is 11.8 Å². The van der Waals surface area contributed by atoms with E-state index in [1.54, 1.807) is 44.6 Å². The zero-order valence-electron chi connectivity index (χ0n) is 18.4. The van der Waals surface area contributed by atoms with Gasteiger partial charge in [-0.1, -0.05) is 13.3 Å². The summed E-state index contributed by atoms with van der Waals surface area (Å²) < 4.78 is 11.0. The van der Waals surface area contributed by atoms with Crippen LogP contribution in [0.25, 0.3) is 0 Å². The van der Waals surface area contributed by atoms with E-state index in [1.165, 1.54) is 4.90 Å². The van der Waals surface area contributed by atoms with Gasteiger partial charge in [0.25, 0.3) is 5.91 Å². The molecule has 0 unspecified atom stereocenters. The molecule has 2 rings (SSSR count). The molecule has 0 aliphatic rings. The average Bonchev–Trinajstić information content (AvgIpc) is 2.74. The first-order chi connectivity index (χ1) is 14.4. The summed E-state index contributed by atoms with van der Waals surface area (Å²) in [7, 11) is 3.30. The molecule has 30 heavy (non-hydrogen) atoms. The molecule has 1 heterocycles. The van der Waals surface area contributed by atoms with E-state index in [9.17, 15) is 9.59 Å². The fourth-order valence-corrected chi connectivity index (χ4v) is 2.97. The average molecular weight is 414 g/mol. The van der Waals surface area contributed by atoms with Crippen molar-refractivity contribution in [2.75, 3.05) is 27.3 Å². The molecule has 1 aromatic heterocycles. The van der Waals surface area contributed by atoms with Crippen LogP contribution >= 0.6 is 0 Å². The number of likely N-dealkylation sites (N-methyl/N-ethyl adjacent to an activating group) is 1. The minimum Gasteiger partial charge on any atom is -0.496 e. The highest BCUT2D eigenvalue weighted by Crippen LogP contribution is 2.24. The molecule has 7 heteroatoms. The van der Waals surface area contributed by atoms with Crippen LogP contribution in [-0.4, -0.2) is 49.0 Å². The summed E-state index contributed by atoms with van der Waals surface area (Å²) in [6, 6.07) is 6.91. The van der Waals surface area contributed by atoms with Crippen molar-refractivity contribution in [3.63, 3.8) is 0 Å². The van der Waals surface area contributed by atoms with Gasteiger partial charge in [0.1, 0.15) is 11.5 Å². The molecule has 1 N–H and O–H groups in total. The Morgan fingerprint density at radius 1 is 1.17 bits per heavy atom. The van der Waals surface area contributed by atoms with Gasteiger partial charge in [-0.2, -0.15) is 0 Å². The molecule has 0 aliphatic heterocycles. The lowest BCUT2D eigenvalue weighted by molar-refractivity contribution is -0.129. The van der Waals surface area contributed by atoms with E-state index in [4.69, 9.17) is 9.47 Å². The molecule has 2 aromatic rings. The van der Waals surface area contributed by atoms with Crippen LogP contribution in [0.1, 0.15) is 46.9 Å². The Hall–Kier alpha value is -3.09. The first kappa shape index (κ1) is 23.2. The van der Waals surface area contributed by atoms with E-state index in [2.05, 4.69) is 17.2 Å². The van der Waals surface area contributed by atoms with Crippen LogP contribution in [0.3, 0.4) is 0 Å². The molecule has 0 bridgehead atoms. The molecular formula is C23H31N3O4. The van der Waals surface area contributed by atoms with Crippen LogP contribution in [0, 0.1) is 13.8 Å². The first-order valence-electron chi connectivity index (χ1n) is 10.1. The van der Waals surface area contributed by atoms with Crippen LogP contribution in [0.2, 0.25) is 0 Å². The number of unbranched alkanes of at least 4 members (excludes halogenated alkanes) is 1. The molecule has 2 amide bonds. The highest BCUT2D eigenvalue weighted by molar-refractivity contribution is 5.96. The largest absolute Gasteiger partial charge is 0.496 e. The fraction of sp³-hybridized carbons (Fsp3) is 0.435. The van der Waals surface area contributed by atoms with E-state index in [-0.39, 0.29) is 18.4 Å². The molecule has 162 valence electrons. The molecular weight excluding hydrogens is 382 g/mol. The smallest absolute Gasteiger partial charge is 0.251 e. The minimum atomic E-state index is -0.303. The van der Waals surface area contributed by atoms with Gasteiger partial charge in [0.05, 0.1) is 32.5 Å². The third kappa shape index (κ3) is 6.20. The maximum Gasteiger partial charge on any atom is 0.251 e. The van der Waals surface area contributed by atoms with E-state index < -0.39 is 0 Å². The van der Waals surface area contributed by atoms with Crippen LogP contribution < -0.4 is 14.8 Å². The number of nitrogens with zero attached hydrogens (tertiary/aromatic N) is 2. The van der Waals surface area contributed by atoms with Crippen LogP contribution in [0.5, 0.6) is 11.5 Å². The van der Waals surface area contributed by atoms with Gasteiger partial charge in [-0.3, -0.25) is 14.6 Å². The Morgan fingerprint density at radius 3 is 2.50 bits per heavy atom. The van der Waals surface area contributed by atoms with Crippen molar-refractivity contribution in [2.24, 2.45) is 0 Å². The Bertz CT molecular complexity index is 865. The van der Waals surface area contributed by atoms with Crippen molar-refractivity contribution in [1.29, 1.82) is 0 Å². The van der Waals surface area contributed by atoms with Crippen LogP contribution in [0.15, 0.2) is 30.5 Å². The Kier molecular flexibility index (Phi) is 8.65. The molecule has 0 aliphatic carbocycles. The predicted octanol–water partition coefficient (Wildman–Crippen LogP) is 3.27. The molecule has 0 radical (unpaired) electrons. The number of pyridine rings is 1. The second-order valence-electron chi connectivity index (χ2n) is 7.21. The minimum absolute atomic E-state index is 0.0911. The topological polar surface area (TPSA) is 80.8 Å². The lowest BCUT2D eigenvalue weighted by atomic mass is 10.1. The number of rotatable bonds is 10. The molecule has 0 atom stereocenters. The van der Waals surface area contributed by atoms with Crippen molar-refractivity contribution in [2.45, 2.75) is 40.2 Å². The highest BCUT2D eigenvalue weighted by atomic mass is 16.5. The van der Waals surface area contributed by atoms with Crippen LogP contribution in [-0.2, 0) is 11.3 Å². The summed E-state index contributed by atoms with van der Waals surface area (Å²) in [5.74, 6) is 0.996. The third-order valence-corrected chi connectivity index (χ3v) is 4.85. The summed E-state index contributed by atoms with van der Waals surface area (Å²) in [5, 5.41) is 2.67. The van der Waals surface area contributed by atoms with Gasteiger partial charge in [-0.05, 0) is 44.5 Å². The Labute approximate surface area is 178 Å². The standard InChI is InChI=1S/C23H31N3O4/c1-6-7-12-30-19-10-8-18(9-11-19)23(28)25-14-21(27)26(4)15-20-17(3)22(29-5)16(2)13-24-20/h8-11,13H,6-7,12,14-15H2,1-5H3,(H,25,28). The number of carbonyl (C=O) groups excluding carboxylic acids is 2. The Morgan fingerprint density at radius 2 is 1.87 bits per heavy atom. The summed E-state index contributed by atoms with van der Waals surface area (Å²) in [5.41, 5.74) is 3.09. The number of amides is 2. The maximum atomic E-state index is 12.4. The monoisotopic (exact) mass is 413 g/mol. The normalized spacial score (nSPS) is 10.4. The molecule has 0 saturated carbocycles. The van der Waals surface area contributed by atoms with E-state index in [1.807, 2.05) is 13.8 Å². The van der Waals surface area contributed by atoms with Crippen molar-refractivity contribution in [3.05, 3.63) is 52.8 Å². The van der Waals surface area contributed by atoms with Gasteiger partial charge in [0.15, 0.2) is 0 Å². The third-order valence-electron chi connectivity index (χ3n) is 4.85. The summed E-state index contributed by atoms with van der Waals surface area (Å²) in [6.07, 6.45) is 3.79. The van der Waals surface area contributed by atoms with E-state index >= 15 is 0 Å². The van der Waals surface area contributed by atoms with Crippen LogP contribution in [0.4, 0.5) is 0 Å². The van der Waals surface area contributed by atoms with Crippen molar-refractivity contribution in [3.8, 4) is 11.5 Å². The SMILES string of the molecule is CCCCOc1ccc(C(=O)NCC(=O)N(C)Cc2ncc(C)c(OC)c2C)cc1. The van der Waals surface area contributed by atoms with Crippen molar-refractivity contribution in [1.82, 2.24) is 15.2 Å². The predicted molar refractivity (Wildman–Crippen MR) is 116 cm³/mol. The number of hydrogen-bond donors (Lipinski definition) is 1.